The topological polar surface area (TPSA) is 62.7 Å². The van der Waals surface area contributed by atoms with Crippen LogP contribution in [-0.4, -0.2) is 26.7 Å². The number of carbonyl (C=O) groups is 1. The quantitative estimate of drug-likeness (QED) is 0.647. The van der Waals surface area contributed by atoms with Gasteiger partial charge >= 0.3 is 0 Å². The largest absolute Gasteiger partial charge is 0.354 e. The van der Waals surface area contributed by atoms with E-state index in [1.54, 1.807) is 11.3 Å². The van der Waals surface area contributed by atoms with Crippen molar-refractivity contribution in [3.8, 4) is 10.7 Å². The van der Waals surface area contributed by atoms with Crippen molar-refractivity contribution in [2.75, 3.05) is 0 Å². The van der Waals surface area contributed by atoms with Crippen LogP contribution in [-0.2, 0) is 11.3 Å². The van der Waals surface area contributed by atoms with Crippen LogP contribution in [0.2, 0.25) is 0 Å². The van der Waals surface area contributed by atoms with Crippen LogP contribution in [0.25, 0.3) is 10.7 Å². The number of aromatic nitrogens is 3. The summed E-state index contributed by atoms with van der Waals surface area (Å²) in [6, 6.07) is 4.20. The summed E-state index contributed by atoms with van der Waals surface area (Å²) in [5.41, 5.74) is 0. The van der Waals surface area contributed by atoms with Crippen molar-refractivity contribution in [2.45, 2.75) is 59.0 Å². The van der Waals surface area contributed by atoms with E-state index < -0.39 is 0 Å². The average Bonchev–Trinajstić information content (AvgIpc) is 3.14. The number of thiophene rings is 1. The van der Waals surface area contributed by atoms with Gasteiger partial charge in [0.05, 0.1) is 4.88 Å². The van der Waals surface area contributed by atoms with Gasteiger partial charge in [-0.15, -0.1) is 11.3 Å². The third-order valence-electron chi connectivity index (χ3n) is 3.89. The molecule has 2 N–H and O–H groups in total. The molecule has 2 aromatic rings. The fraction of sp³-hybridized carbons (Fsp3) is 0.588. The first-order chi connectivity index (χ1) is 11.5. The Bertz CT molecular complexity index is 688. The molecule has 0 aliphatic rings. The Labute approximate surface area is 152 Å². The fourth-order valence-electron chi connectivity index (χ4n) is 2.58. The van der Waals surface area contributed by atoms with E-state index in [-0.39, 0.29) is 11.9 Å². The Morgan fingerprint density at radius 2 is 2.21 bits per heavy atom. The zero-order chi connectivity index (χ0) is 17.5. The molecule has 1 unspecified atom stereocenters. The van der Waals surface area contributed by atoms with Crippen molar-refractivity contribution in [1.82, 2.24) is 20.1 Å². The maximum absolute atomic E-state index is 12.2. The molecule has 1 atom stereocenters. The van der Waals surface area contributed by atoms with Gasteiger partial charge in [0.15, 0.2) is 10.6 Å². The summed E-state index contributed by atoms with van der Waals surface area (Å²) in [5, 5.41) is 12.2. The van der Waals surface area contributed by atoms with Crippen LogP contribution < -0.4 is 5.32 Å². The van der Waals surface area contributed by atoms with E-state index in [1.165, 1.54) is 6.42 Å². The van der Waals surface area contributed by atoms with Crippen LogP contribution in [0, 0.1) is 10.7 Å². The number of hydrogen-bond donors (Lipinski definition) is 2. The molecule has 2 rings (SSSR count). The van der Waals surface area contributed by atoms with Gasteiger partial charge in [0, 0.05) is 19.0 Å². The minimum Gasteiger partial charge on any atom is -0.354 e. The van der Waals surface area contributed by atoms with E-state index in [1.807, 2.05) is 22.1 Å². The van der Waals surface area contributed by atoms with E-state index in [2.05, 4.69) is 36.3 Å². The monoisotopic (exact) mass is 366 g/mol. The Kier molecular flexibility index (Phi) is 7.17. The lowest BCUT2D eigenvalue weighted by molar-refractivity contribution is -0.121. The molecule has 0 bridgehead atoms. The highest BCUT2D eigenvalue weighted by atomic mass is 32.1. The van der Waals surface area contributed by atoms with Crippen LogP contribution in [0.5, 0.6) is 0 Å². The van der Waals surface area contributed by atoms with E-state index in [9.17, 15) is 4.79 Å². The number of hydrogen-bond acceptors (Lipinski definition) is 4. The summed E-state index contributed by atoms with van der Waals surface area (Å²) in [4.78, 5) is 13.2. The van der Waals surface area contributed by atoms with Gasteiger partial charge in [0.25, 0.3) is 0 Å². The fourth-order valence-corrected chi connectivity index (χ4v) is 3.53. The second kappa shape index (κ2) is 9.13. The number of nitrogens with zero attached hydrogens (tertiary/aromatic N) is 2. The zero-order valence-corrected chi connectivity index (χ0v) is 16.2. The highest BCUT2D eigenvalue weighted by Gasteiger charge is 2.12. The van der Waals surface area contributed by atoms with E-state index in [4.69, 9.17) is 12.2 Å². The predicted octanol–water partition coefficient (Wildman–Crippen LogP) is 4.39. The molecular formula is C17H26N4OS2. The number of H-pyrrole nitrogens is 1. The minimum atomic E-state index is 0.0623. The van der Waals surface area contributed by atoms with Crippen molar-refractivity contribution < 1.29 is 4.79 Å². The molecule has 2 heterocycles. The van der Waals surface area contributed by atoms with Crippen molar-refractivity contribution in [3.63, 3.8) is 0 Å². The lowest BCUT2D eigenvalue weighted by atomic mass is 10.0. The third-order valence-corrected chi connectivity index (χ3v) is 5.07. The normalized spacial score (nSPS) is 12.5. The van der Waals surface area contributed by atoms with E-state index in [0.29, 0.717) is 23.7 Å². The van der Waals surface area contributed by atoms with Gasteiger partial charge in [-0.3, -0.25) is 14.5 Å². The molecule has 0 spiro atoms. The first-order valence-electron chi connectivity index (χ1n) is 8.45. The third kappa shape index (κ3) is 5.56. The molecule has 0 saturated heterocycles. The Balaban J connectivity index is 1.84. The number of rotatable bonds is 9. The van der Waals surface area contributed by atoms with Gasteiger partial charge in [-0.05, 0) is 42.9 Å². The maximum atomic E-state index is 12.2. The van der Waals surface area contributed by atoms with Gasteiger partial charge in [-0.2, -0.15) is 5.10 Å². The zero-order valence-electron chi connectivity index (χ0n) is 14.5. The van der Waals surface area contributed by atoms with Crippen LogP contribution in [0.15, 0.2) is 17.5 Å². The molecule has 5 nitrogen and oxygen atoms in total. The number of carbonyl (C=O) groups excluding carboxylic acids is 1. The molecule has 24 heavy (non-hydrogen) atoms. The Morgan fingerprint density at radius 3 is 2.88 bits per heavy atom. The smallest absolute Gasteiger partial charge is 0.222 e. The molecule has 0 fully saturated rings. The van der Waals surface area contributed by atoms with Crippen molar-refractivity contribution in [3.05, 3.63) is 22.3 Å². The van der Waals surface area contributed by atoms with Gasteiger partial charge in [0.1, 0.15) is 0 Å². The second-order valence-electron chi connectivity index (χ2n) is 6.52. The van der Waals surface area contributed by atoms with Gasteiger partial charge in [-0.25, -0.2) is 0 Å². The summed E-state index contributed by atoms with van der Waals surface area (Å²) in [6.07, 6.45) is 3.78. The molecule has 0 aromatic carbocycles. The predicted molar refractivity (Wildman–Crippen MR) is 102 cm³/mol. The van der Waals surface area contributed by atoms with Crippen molar-refractivity contribution >= 4 is 29.5 Å². The first-order valence-corrected chi connectivity index (χ1v) is 9.74. The van der Waals surface area contributed by atoms with Crippen molar-refractivity contribution in [1.29, 1.82) is 0 Å². The number of nitrogens with one attached hydrogen (secondary N) is 2. The standard InChI is InChI=1S/C17H26N4OS2/c1-12(2)6-4-7-13(3)18-15(22)9-10-21-16(19-20-17(21)23)14-8-5-11-24-14/h5,8,11-13H,4,6-7,9-10H2,1-3H3,(H,18,22)(H,20,23). The molecule has 7 heteroatoms. The molecule has 0 saturated carbocycles. The first kappa shape index (κ1) is 18.9. The SMILES string of the molecule is CC(C)CCCC(C)NC(=O)CCn1c(-c2cccs2)n[nH]c1=S. The Morgan fingerprint density at radius 1 is 1.42 bits per heavy atom. The molecule has 0 aliphatic carbocycles. The molecule has 0 aliphatic heterocycles. The van der Waals surface area contributed by atoms with E-state index in [0.717, 1.165) is 23.5 Å². The Hall–Kier alpha value is -1.47. The maximum Gasteiger partial charge on any atom is 0.222 e. The highest BCUT2D eigenvalue weighted by molar-refractivity contribution is 7.71. The van der Waals surface area contributed by atoms with Gasteiger partial charge in [0.2, 0.25) is 5.91 Å². The summed E-state index contributed by atoms with van der Waals surface area (Å²) in [5.74, 6) is 1.58. The summed E-state index contributed by atoms with van der Waals surface area (Å²) in [7, 11) is 0. The second-order valence-corrected chi connectivity index (χ2v) is 7.86. The molecular weight excluding hydrogens is 340 g/mol. The van der Waals surface area contributed by atoms with E-state index >= 15 is 0 Å². The van der Waals surface area contributed by atoms with Crippen LogP contribution >= 0.6 is 23.6 Å². The van der Waals surface area contributed by atoms with Crippen LogP contribution in [0.4, 0.5) is 0 Å². The molecule has 1 amide bonds. The summed E-state index contributed by atoms with van der Waals surface area (Å²) < 4.78 is 2.45. The number of amides is 1. The highest BCUT2D eigenvalue weighted by Crippen LogP contribution is 2.22. The van der Waals surface area contributed by atoms with Crippen LogP contribution in [0.1, 0.15) is 46.5 Å². The minimum absolute atomic E-state index is 0.0623. The molecule has 2 aromatic heterocycles. The average molecular weight is 367 g/mol. The van der Waals surface area contributed by atoms with Gasteiger partial charge in [-0.1, -0.05) is 32.8 Å². The molecule has 0 radical (unpaired) electrons. The molecule has 132 valence electrons. The lowest BCUT2D eigenvalue weighted by Gasteiger charge is -2.15. The summed E-state index contributed by atoms with van der Waals surface area (Å²) >= 11 is 6.90. The van der Waals surface area contributed by atoms with Crippen molar-refractivity contribution in [2.24, 2.45) is 5.92 Å². The summed E-state index contributed by atoms with van der Waals surface area (Å²) in [6.45, 7) is 7.05. The van der Waals surface area contributed by atoms with Gasteiger partial charge < -0.3 is 5.32 Å². The van der Waals surface area contributed by atoms with Crippen LogP contribution in [0.3, 0.4) is 0 Å². The lowest BCUT2D eigenvalue weighted by Crippen LogP contribution is -2.33. The number of aromatic amines is 1.